The molecule has 0 radical (unpaired) electrons. The predicted octanol–water partition coefficient (Wildman–Crippen LogP) is 0.362. The van der Waals surface area contributed by atoms with Crippen LogP contribution in [0.5, 0.6) is 0 Å². The lowest BCUT2D eigenvalue weighted by Crippen LogP contribution is -2.22. The molecule has 2 heterocycles. The van der Waals surface area contributed by atoms with E-state index in [0.29, 0.717) is 22.2 Å². The number of H-pyrrole nitrogens is 1. The molecule has 0 bridgehead atoms. The molecule has 0 spiro atoms. The Morgan fingerprint density at radius 3 is 3.06 bits per heavy atom. The SMILES string of the molecule is Cc1cc(CSc2ncn[nH]2)oc1C(=O)[O-]. The van der Waals surface area contributed by atoms with Crippen LogP contribution in [0.2, 0.25) is 0 Å². The average Bonchev–Trinajstić information content (AvgIpc) is 2.83. The van der Waals surface area contributed by atoms with Crippen molar-refractivity contribution in [1.29, 1.82) is 0 Å². The van der Waals surface area contributed by atoms with E-state index in [-0.39, 0.29) is 5.76 Å². The lowest BCUT2D eigenvalue weighted by molar-refractivity contribution is -0.257. The number of thioether (sulfide) groups is 1. The number of carboxylic acid groups (broad SMARTS) is 1. The summed E-state index contributed by atoms with van der Waals surface area (Å²) >= 11 is 1.38. The van der Waals surface area contributed by atoms with Gasteiger partial charge in [0.15, 0.2) is 10.9 Å². The summed E-state index contributed by atoms with van der Waals surface area (Å²) in [6.45, 7) is 1.66. The van der Waals surface area contributed by atoms with Crippen LogP contribution in [0.1, 0.15) is 21.9 Å². The zero-order valence-corrected chi connectivity index (χ0v) is 9.21. The van der Waals surface area contributed by atoms with Gasteiger partial charge in [0.2, 0.25) is 0 Å². The summed E-state index contributed by atoms with van der Waals surface area (Å²) in [7, 11) is 0. The second-order valence-corrected chi connectivity index (χ2v) is 4.06. The minimum Gasteiger partial charge on any atom is -0.542 e. The molecule has 1 N–H and O–H groups in total. The van der Waals surface area contributed by atoms with Crippen LogP contribution in [-0.2, 0) is 5.75 Å². The summed E-state index contributed by atoms with van der Waals surface area (Å²) in [5.74, 6) is -0.358. The molecular formula is C9H8N3O3S-. The van der Waals surface area contributed by atoms with Crippen LogP contribution < -0.4 is 5.11 Å². The van der Waals surface area contributed by atoms with E-state index in [1.165, 1.54) is 18.1 Å². The van der Waals surface area contributed by atoms with Crippen molar-refractivity contribution in [2.45, 2.75) is 17.8 Å². The van der Waals surface area contributed by atoms with Gasteiger partial charge in [0.05, 0.1) is 5.75 Å². The van der Waals surface area contributed by atoms with Crippen LogP contribution in [0.3, 0.4) is 0 Å². The normalized spacial score (nSPS) is 10.6. The first-order valence-electron chi connectivity index (χ1n) is 4.45. The monoisotopic (exact) mass is 238 g/mol. The number of aromatic carboxylic acids is 1. The van der Waals surface area contributed by atoms with E-state index < -0.39 is 5.97 Å². The van der Waals surface area contributed by atoms with E-state index in [0.717, 1.165) is 0 Å². The molecule has 16 heavy (non-hydrogen) atoms. The lowest BCUT2D eigenvalue weighted by Gasteiger charge is -1.97. The maximum absolute atomic E-state index is 10.6. The highest BCUT2D eigenvalue weighted by atomic mass is 32.2. The molecule has 0 aliphatic carbocycles. The molecule has 2 aromatic rings. The van der Waals surface area contributed by atoms with Crippen molar-refractivity contribution < 1.29 is 14.3 Å². The third-order valence-electron chi connectivity index (χ3n) is 1.90. The van der Waals surface area contributed by atoms with Crippen LogP contribution >= 0.6 is 11.8 Å². The number of aromatic amines is 1. The predicted molar refractivity (Wildman–Crippen MR) is 53.7 cm³/mol. The number of aryl methyl sites for hydroxylation is 1. The van der Waals surface area contributed by atoms with Gasteiger partial charge in [-0.05, 0) is 18.6 Å². The number of nitrogens with zero attached hydrogens (tertiary/aromatic N) is 2. The summed E-state index contributed by atoms with van der Waals surface area (Å²) in [4.78, 5) is 14.5. The van der Waals surface area contributed by atoms with Gasteiger partial charge >= 0.3 is 0 Å². The van der Waals surface area contributed by atoms with Crippen LogP contribution in [0, 0.1) is 6.92 Å². The molecule has 0 unspecified atom stereocenters. The number of rotatable bonds is 4. The maximum Gasteiger partial charge on any atom is 0.183 e. The second-order valence-electron chi connectivity index (χ2n) is 3.09. The van der Waals surface area contributed by atoms with E-state index in [1.54, 1.807) is 13.0 Å². The van der Waals surface area contributed by atoms with E-state index in [4.69, 9.17) is 4.42 Å². The van der Waals surface area contributed by atoms with Gasteiger partial charge < -0.3 is 14.3 Å². The van der Waals surface area contributed by atoms with Gasteiger partial charge in [-0.2, -0.15) is 5.10 Å². The Bertz CT molecular complexity index is 492. The van der Waals surface area contributed by atoms with Crippen molar-refractivity contribution in [2.24, 2.45) is 0 Å². The molecule has 0 aliphatic rings. The molecule has 0 amide bonds. The van der Waals surface area contributed by atoms with Gasteiger partial charge in [-0.15, -0.1) is 0 Å². The van der Waals surface area contributed by atoms with Gasteiger partial charge in [0, 0.05) is 0 Å². The molecule has 0 aromatic carbocycles. The molecule has 6 nitrogen and oxygen atoms in total. The number of hydrogen-bond acceptors (Lipinski definition) is 6. The lowest BCUT2D eigenvalue weighted by atomic mass is 10.3. The van der Waals surface area contributed by atoms with E-state index in [1.807, 2.05) is 0 Å². The van der Waals surface area contributed by atoms with Crippen molar-refractivity contribution in [2.75, 3.05) is 0 Å². The molecule has 0 aliphatic heterocycles. The first-order valence-corrected chi connectivity index (χ1v) is 5.44. The molecule has 0 saturated heterocycles. The highest BCUT2D eigenvalue weighted by Crippen LogP contribution is 2.22. The molecule has 84 valence electrons. The molecule has 0 atom stereocenters. The first-order chi connectivity index (χ1) is 7.66. The molecule has 0 fully saturated rings. The number of carboxylic acids is 1. The fourth-order valence-corrected chi connectivity index (χ4v) is 1.89. The third kappa shape index (κ3) is 2.25. The summed E-state index contributed by atoms with van der Waals surface area (Å²) in [6.07, 6.45) is 1.41. The molecular weight excluding hydrogens is 230 g/mol. The van der Waals surface area contributed by atoms with Gasteiger partial charge in [0.1, 0.15) is 18.1 Å². The zero-order chi connectivity index (χ0) is 11.5. The Morgan fingerprint density at radius 1 is 1.69 bits per heavy atom. The van der Waals surface area contributed by atoms with E-state index in [9.17, 15) is 9.90 Å². The number of aromatic nitrogens is 3. The summed E-state index contributed by atoms with van der Waals surface area (Å²) < 4.78 is 5.13. The highest BCUT2D eigenvalue weighted by Gasteiger charge is 2.09. The fourth-order valence-electron chi connectivity index (χ4n) is 1.23. The summed E-state index contributed by atoms with van der Waals surface area (Å²) in [5, 5.41) is 17.7. The Kier molecular flexibility index (Phi) is 2.95. The van der Waals surface area contributed by atoms with Gasteiger partial charge in [0.25, 0.3) is 0 Å². The molecule has 0 saturated carbocycles. The Labute approximate surface area is 95.1 Å². The molecule has 7 heteroatoms. The largest absolute Gasteiger partial charge is 0.542 e. The van der Waals surface area contributed by atoms with Crippen molar-refractivity contribution in [3.63, 3.8) is 0 Å². The molecule has 2 rings (SSSR count). The average molecular weight is 238 g/mol. The van der Waals surface area contributed by atoms with Crippen molar-refractivity contribution in [3.05, 3.63) is 29.5 Å². The maximum atomic E-state index is 10.6. The topological polar surface area (TPSA) is 94.8 Å². The van der Waals surface area contributed by atoms with Crippen LogP contribution in [0.25, 0.3) is 0 Å². The Hall–Kier alpha value is -1.76. The zero-order valence-electron chi connectivity index (χ0n) is 8.39. The summed E-state index contributed by atoms with van der Waals surface area (Å²) in [6, 6.07) is 1.68. The highest BCUT2D eigenvalue weighted by molar-refractivity contribution is 7.98. The quantitative estimate of drug-likeness (QED) is 0.773. The van der Waals surface area contributed by atoms with E-state index in [2.05, 4.69) is 15.2 Å². The molecule has 2 aromatic heterocycles. The summed E-state index contributed by atoms with van der Waals surface area (Å²) in [5.41, 5.74) is 0.563. The van der Waals surface area contributed by atoms with Gasteiger partial charge in [-0.3, -0.25) is 5.10 Å². The Balaban J connectivity index is 2.05. The number of hydrogen-bond donors (Lipinski definition) is 1. The van der Waals surface area contributed by atoms with Gasteiger partial charge in [-0.1, -0.05) is 11.8 Å². The van der Waals surface area contributed by atoms with Gasteiger partial charge in [-0.25, -0.2) is 4.98 Å². The smallest absolute Gasteiger partial charge is 0.183 e. The number of nitrogens with one attached hydrogen (secondary N) is 1. The third-order valence-corrected chi connectivity index (χ3v) is 2.80. The second kappa shape index (κ2) is 4.40. The fraction of sp³-hybridized carbons (Fsp3) is 0.222. The standard InChI is InChI=1S/C9H9N3O3S/c1-5-2-6(15-7(5)8(13)14)3-16-9-10-4-11-12-9/h2,4H,3H2,1H3,(H,13,14)(H,10,11,12)/p-1. The Morgan fingerprint density at radius 2 is 2.50 bits per heavy atom. The van der Waals surface area contributed by atoms with Crippen molar-refractivity contribution >= 4 is 17.7 Å². The number of furan rings is 1. The van der Waals surface area contributed by atoms with Crippen molar-refractivity contribution in [3.8, 4) is 0 Å². The van der Waals surface area contributed by atoms with Crippen LogP contribution in [0.15, 0.2) is 22.0 Å². The number of carbonyl (C=O) groups excluding carboxylic acids is 1. The van der Waals surface area contributed by atoms with Crippen molar-refractivity contribution in [1.82, 2.24) is 15.2 Å². The van der Waals surface area contributed by atoms with Crippen LogP contribution in [0.4, 0.5) is 0 Å². The minimum absolute atomic E-state index is 0.117. The van der Waals surface area contributed by atoms with E-state index >= 15 is 0 Å². The van der Waals surface area contributed by atoms with Crippen LogP contribution in [-0.4, -0.2) is 21.2 Å². The number of carbonyl (C=O) groups is 1. The first kappa shape index (κ1) is 10.7. The minimum atomic E-state index is -1.30.